The number of imidazole rings is 1. The van der Waals surface area contributed by atoms with Gasteiger partial charge in [-0.2, -0.15) is 0 Å². The zero-order valence-corrected chi connectivity index (χ0v) is 12.3. The second-order valence-corrected chi connectivity index (χ2v) is 5.98. The quantitative estimate of drug-likeness (QED) is 0.483. The van der Waals surface area contributed by atoms with E-state index in [0.29, 0.717) is 20.8 Å². The molecule has 0 amide bonds. The Kier molecular flexibility index (Phi) is 2.94. The molecular formula is C17H12N2O2S. The number of hydrogen-bond donors (Lipinski definition) is 3. The predicted molar refractivity (Wildman–Crippen MR) is 87.5 cm³/mol. The number of fused-ring (bicyclic) bond motifs is 2. The number of aromatic nitrogens is 2. The standard InChI is InChI=1S/C17H12N2O2S/c20-14-9-15(16(21)11-6-2-1-5-10(11)14)22-17-18-12-7-3-4-8-13(12)19-17/h1-9,20-21H,(H,18,19). The fourth-order valence-electron chi connectivity index (χ4n) is 2.48. The van der Waals surface area contributed by atoms with Crippen LogP contribution in [0.2, 0.25) is 0 Å². The Morgan fingerprint density at radius 1 is 0.909 bits per heavy atom. The van der Waals surface area contributed by atoms with E-state index in [1.807, 2.05) is 36.4 Å². The van der Waals surface area contributed by atoms with Crippen LogP contribution < -0.4 is 0 Å². The summed E-state index contributed by atoms with van der Waals surface area (Å²) in [5.41, 5.74) is 1.81. The smallest absolute Gasteiger partial charge is 0.171 e. The van der Waals surface area contributed by atoms with Gasteiger partial charge in [0.25, 0.3) is 0 Å². The highest BCUT2D eigenvalue weighted by Gasteiger charge is 2.13. The number of nitrogens with one attached hydrogen (secondary N) is 1. The Balaban J connectivity index is 1.82. The highest BCUT2D eigenvalue weighted by Crippen LogP contribution is 2.42. The van der Waals surface area contributed by atoms with Gasteiger partial charge < -0.3 is 15.2 Å². The van der Waals surface area contributed by atoms with Crippen LogP contribution >= 0.6 is 11.8 Å². The van der Waals surface area contributed by atoms with E-state index in [1.165, 1.54) is 11.8 Å². The molecule has 108 valence electrons. The number of aromatic amines is 1. The van der Waals surface area contributed by atoms with Crippen LogP contribution in [0.25, 0.3) is 21.8 Å². The van der Waals surface area contributed by atoms with Crippen LogP contribution in [-0.4, -0.2) is 20.2 Å². The molecular weight excluding hydrogens is 296 g/mol. The summed E-state index contributed by atoms with van der Waals surface area (Å²) >= 11 is 1.29. The Bertz CT molecular complexity index is 961. The first-order valence-corrected chi connectivity index (χ1v) is 7.60. The van der Waals surface area contributed by atoms with Gasteiger partial charge in [0.05, 0.1) is 15.9 Å². The van der Waals surface area contributed by atoms with Gasteiger partial charge in [-0.3, -0.25) is 0 Å². The van der Waals surface area contributed by atoms with E-state index in [1.54, 1.807) is 18.2 Å². The molecule has 0 unspecified atom stereocenters. The molecule has 3 aromatic carbocycles. The van der Waals surface area contributed by atoms with Gasteiger partial charge in [-0.25, -0.2) is 4.98 Å². The van der Waals surface area contributed by atoms with Crippen LogP contribution in [0, 0.1) is 0 Å². The number of rotatable bonds is 2. The summed E-state index contributed by atoms with van der Waals surface area (Å²) < 4.78 is 0. The molecule has 0 atom stereocenters. The van der Waals surface area contributed by atoms with Crippen LogP contribution in [0.1, 0.15) is 0 Å². The third-order valence-corrected chi connectivity index (χ3v) is 4.45. The summed E-state index contributed by atoms with van der Waals surface area (Å²) in [7, 11) is 0. The van der Waals surface area contributed by atoms with Crippen molar-refractivity contribution in [1.29, 1.82) is 0 Å². The van der Waals surface area contributed by atoms with Crippen molar-refractivity contribution in [2.45, 2.75) is 10.1 Å². The number of H-pyrrole nitrogens is 1. The lowest BCUT2D eigenvalue weighted by molar-refractivity contribution is 0.458. The van der Waals surface area contributed by atoms with Crippen LogP contribution in [0.15, 0.2) is 64.6 Å². The maximum Gasteiger partial charge on any atom is 0.171 e. The van der Waals surface area contributed by atoms with Gasteiger partial charge in [-0.05, 0) is 30.0 Å². The summed E-state index contributed by atoms with van der Waals surface area (Å²) in [5, 5.41) is 22.5. The Hall–Kier alpha value is -2.66. The predicted octanol–water partition coefficient (Wildman–Crippen LogP) is 4.28. The molecule has 3 N–H and O–H groups in total. The van der Waals surface area contributed by atoms with Crippen molar-refractivity contribution in [2.75, 3.05) is 0 Å². The van der Waals surface area contributed by atoms with Crippen molar-refractivity contribution in [3.63, 3.8) is 0 Å². The molecule has 0 spiro atoms. The molecule has 0 bridgehead atoms. The normalized spacial score (nSPS) is 11.3. The summed E-state index contributed by atoms with van der Waals surface area (Å²) in [4.78, 5) is 8.24. The van der Waals surface area contributed by atoms with Gasteiger partial charge in [0.1, 0.15) is 11.5 Å². The van der Waals surface area contributed by atoms with Crippen LogP contribution in [0.4, 0.5) is 0 Å². The lowest BCUT2D eigenvalue weighted by Crippen LogP contribution is -1.81. The topological polar surface area (TPSA) is 69.1 Å². The minimum Gasteiger partial charge on any atom is -0.507 e. The molecule has 0 radical (unpaired) electrons. The number of aromatic hydroxyl groups is 2. The van der Waals surface area contributed by atoms with Crippen LogP contribution in [-0.2, 0) is 0 Å². The highest BCUT2D eigenvalue weighted by atomic mass is 32.2. The number of nitrogens with zero attached hydrogens (tertiary/aromatic N) is 1. The molecule has 0 fully saturated rings. The average molecular weight is 308 g/mol. The van der Waals surface area contributed by atoms with E-state index in [4.69, 9.17) is 0 Å². The maximum atomic E-state index is 10.4. The lowest BCUT2D eigenvalue weighted by atomic mass is 10.1. The minimum absolute atomic E-state index is 0.145. The first-order chi connectivity index (χ1) is 10.7. The summed E-state index contributed by atoms with van der Waals surface area (Å²) in [5.74, 6) is 0.297. The van der Waals surface area contributed by atoms with Gasteiger partial charge in [0.2, 0.25) is 0 Å². The van der Waals surface area contributed by atoms with E-state index in [0.717, 1.165) is 11.0 Å². The third-order valence-electron chi connectivity index (χ3n) is 3.53. The van der Waals surface area contributed by atoms with Crippen LogP contribution in [0.3, 0.4) is 0 Å². The summed E-state index contributed by atoms with van der Waals surface area (Å²) in [6.07, 6.45) is 0. The van der Waals surface area contributed by atoms with Gasteiger partial charge in [-0.1, -0.05) is 36.4 Å². The first-order valence-electron chi connectivity index (χ1n) is 6.78. The Morgan fingerprint density at radius 2 is 1.64 bits per heavy atom. The second-order valence-electron chi connectivity index (χ2n) is 4.95. The van der Waals surface area contributed by atoms with E-state index >= 15 is 0 Å². The van der Waals surface area contributed by atoms with Gasteiger partial charge >= 0.3 is 0 Å². The second kappa shape index (κ2) is 4.96. The fourth-order valence-corrected chi connectivity index (χ4v) is 3.37. The molecule has 0 saturated carbocycles. The molecule has 22 heavy (non-hydrogen) atoms. The number of para-hydroxylation sites is 2. The first kappa shape index (κ1) is 13.0. The number of phenolic OH excluding ortho intramolecular Hbond substituents is 2. The van der Waals surface area contributed by atoms with Crippen molar-refractivity contribution >= 4 is 33.6 Å². The zero-order chi connectivity index (χ0) is 15.1. The summed E-state index contributed by atoms with van der Waals surface area (Å²) in [6, 6.07) is 16.5. The fraction of sp³-hybridized carbons (Fsp3) is 0. The zero-order valence-electron chi connectivity index (χ0n) is 11.4. The molecule has 0 saturated heterocycles. The monoisotopic (exact) mass is 308 g/mol. The van der Waals surface area contributed by atoms with E-state index < -0.39 is 0 Å². The summed E-state index contributed by atoms with van der Waals surface area (Å²) in [6.45, 7) is 0. The van der Waals surface area contributed by atoms with E-state index in [2.05, 4.69) is 9.97 Å². The number of phenols is 2. The Morgan fingerprint density at radius 3 is 2.45 bits per heavy atom. The van der Waals surface area contributed by atoms with Gasteiger partial charge in [-0.15, -0.1) is 0 Å². The molecule has 1 aromatic heterocycles. The maximum absolute atomic E-state index is 10.4. The van der Waals surface area contributed by atoms with Crippen molar-refractivity contribution in [2.24, 2.45) is 0 Å². The van der Waals surface area contributed by atoms with Crippen LogP contribution in [0.5, 0.6) is 11.5 Å². The molecule has 4 aromatic rings. The number of hydrogen-bond acceptors (Lipinski definition) is 4. The van der Waals surface area contributed by atoms with Crippen molar-refractivity contribution < 1.29 is 10.2 Å². The Labute approximate surface area is 130 Å². The molecule has 4 rings (SSSR count). The SMILES string of the molecule is Oc1cc(Sc2nc3ccccc3[nH]2)c(O)c2ccccc12. The average Bonchev–Trinajstić information content (AvgIpc) is 2.95. The van der Waals surface area contributed by atoms with Crippen molar-refractivity contribution in [3.8, 4) is 11.5 Å². The molecule has 0 aliphatic carbocycles. The highest BCUT2D eigenvalue weighted by molar-refractivity contribution is 7.99. The van der Waals surface area contributed by atoms with E-state index in [-0.39, 0.29) is 11.5 Å². The number of benzene rings is 3. The minimum atomic E-state index is 0.145. The third kappa shape index (κ3) is 2.07. The van der Waals surface area contributed by atoms with Gasteiger partial charge in [0.15, 0.2) is 5.16 Å². The van der Waals surface area contributed by atoms with Gasteiger partial charge in [0, 0.05) is 10.8 Å². The lowest BCUT2D eigenvalue weighted by Gasteiger charge is -2.08. The molecule has 0 aliphatic heterocycles. The molecule has 4 nitrogen and oxygen atoms in total. The molecule has 5 heteroatoms. The largest absolute Gasteiger partial charge is 0.507 e. The van der Waals surface area contributed by atoms with E-state index in [9.17, 15) is 10.2 Å². The van der Waals surface area contributed by atoms with Crippen molar-refractivity contribution in [1.82, 2.24) is 9.97 Å². The van der Waals surface area contributed by atoms with Crippen molar-refractivity contribution in [3.05, 3.63) is 54.6 Å². The molecule has 0 aliphatic rings. The molecule has 1 heterocycles.